The first kappa shape index (κ1) is 18.0. The first-order valence-corrected chi connectivity index (χ1v) is 9.44. The highest BCUT2D eigenvalue weighted by molar-refractivity contribution is 7.93. The zero-order chi connectivity index (χ0) is 18.5. The minimum absolute atomic E-state index is 0.0368. The SMILES string of the molecule is O=c1n2c(c(O)n1-c1cc(NS(=O)(=O)CCl)c(Cl)cc1F)CC(F)C2. The Bertz CT molecular complexity index is 1020. The average molecular weight is 414 g/mol. The summed E-state index contributed by atoms with van der Waals surface area (Å²) in [6.45, 7) is -0.254. The van der Waals surface area contributed by atoms with Gasteiger partial charge in [-0.05, 0) is 12.1 Å². The van der Waals surface area contributed by atoms with Gasteiger partial charge in [-0.15, -0.1) is 11.6 Å². The number of aromatic nitrogens is 2. The normalized spacial score (nSPS) is 16.9. The molecule has 136 valence electrons. The topological polar surface area (TPSA) is 93.3 Å². The van der Waals surface area contributed by atoms with Crippen molar-refractivity contribution in [2.75, 3.05) is 9.93 Å². The molecule has 0 saturated carbocycles. The lowest BCUT2D eigenvalue weighted by atomic mass is 10.2. The van der Waals surface area contributed by atoms with Gasteiger partial charge in [0.25, 0.3) is 0 Å². The Balaban J connectivity index is 2.17. The summed E-state index contributed by atoms with van der Waals surface area (Å²) in [6, 6.07) is 1.74. The molecule has 1 aliphatic rings. The third-order valence-corrected chi connectivity index (χ3v) is 5.69. The molecule has 2 heterocycles. The number of rotatable bonds is 4. The van der Waals surface area contributed by atoms with Crippen molar-refractivity contribution in [2.45, 2.75) is 19.1 Å². The van der Waals surface area contributed by atoms with Crippen LogP contribution in [-0.2, 0) is 23.0 Å². The number of halogens is 4. The van der Waals surface area contributed by atoms with Gasteiger partial charge in [0.1, 0.15) is 17.2 Å². The second-order valence-electron chi connectivity index (χ2n) is 5.41. The van der Waals surface area contributed by atoms with Gasteiger partial charge in [0.05, 0.1) is 28.6 Å². The van der Waals surface area contributed by atoms with Crippen LogP contribution < -0.4 is 10.4 Å². The van der Waals surface area contributed by atoms with Crippen molar-refractivity contribution in [2.24, 2.45) is 0 Å². The molecule has 0 aliphatic carbocycles. The maximum Gasteiger partial charge on any atom is 0.336 e. The summed E-state index contributed by atoms with van der Waals surface area (Å²) in [5.41, 5.74) is -1.47. The van der Waals surface area contributed by atoms with Gasteiger partial charge in [-0.3, -0.25) is 9.29 Å². The molecule has 12 heteroatoms. The van der Waals surface area contributed by atoms with Crippen molar-refractivity contribution in [3.63, 3.8) is 0 Å². The highest BCUT2D eigenvalue weighted by atomic mass is 35.5. The Morgan fingerprint density at radius 1 is 1.40 bits per heavy atom. The molecule has 1 aromatic carbocycles. The van der Waals surface area contributed by atoms with E-state index in [0.717, 1.165) is 16.7 Å². The number of fused-ring (bicyclic) bond motifs is 1. The lowest BCUT2D eigenvalue weighted by Crippen LogP contribution is -2.25. The molecule has 1 unspecified atom stereocenters. The van der Waals surface area contributed by atoms with E-state index in [4.69, 9.17) is 23.2 Å². The molecule has 1 aliphatic heterocycles. The Morgan fingerprint density at radius 3 is 2.68 bits per heavy atom. The van der Waals surface area contributed by atoms with Crippen LogP contribution in [0.3, 0.4) is 0 Å². The highest BCUT2D eigenvalue weighted by Crippen LogP contribution is 2.32. The number of benzene rings is 1. The number of imidazole rings is 1. The molecule has 0 amide bonds. The summed E-state index contributed by atoms with van der Waals surface area (Å²) < 4.78 is 54.5. The van der Waals surface area contributed by atoms with E-state index in [2.05, 4.69) is 0 Å². The Labute approximate surface area is 150 Å². The highest BCUT2D eigenvalue weighted by Gasteiger charge is 2.31. The van der Waals surface area contributed by atoms with Gasteiger partial charge in [0, 0.05) is 6.42 Å². The molecule has 0 spiro atoms. The minimum atomic E-state index is -3.93. The second-order valence-corrected chi connectivity index (χ2v) is 8.12. The van der Waals surface area contributed by atoms with E-state index < -0.39 is 44.5 Å². The van der Waals surface area contributed by atoms with E-state index in [1.807, 2.05) is 4.72 Å². The molecule has 0 saturated heterocycles. The summed E-state index contributed by atoms with van der Waals surface area (Å²) >= 11 is 11.1. The summed E-state index contributed by atoms with van der Waals surface area (Å²) in [7, 11) is -3.93. The standard InChI is InChI=1S/C13H11Cl2F2N3O4S/c14-5-25(23,24)18-9-3-10(8(17)2-7(9)15)20-12(21)11-1-6(16)4-19(11)13(20)22/h2-3,6,18,21H,1,4-5H2. The summed E-state index contributed by atoms with van der Waals surface area (Å²) in [6.07, 6.45) is -1.50. The van der Waals surface area contributed by atoms with Crippen LogP contribution in [0.1, 0.15) is 5.69 Å². The van der Waals surface area contributed by atoms with Crippen molar-refractivity contribution in [1.29, 1.82) is 0 Å². The molecule has 1 aromatic heterocycles. The van der Waals surface area contributed by atoms with E-state index in [9.17, 15) is 27.1 Å². The number of sulfonamides is 1. The van der Waals surface area contributed by atoms with Crippen molar-refractivity contribution in [3.05, 3.63) is 39.2 Å². The fourth-order valence-electron chi connectivity index (χ4n) is 2.64. The zero-order valence-corrected chi connectivity index (χ0v) is 14.7. The van der Waals surface area contributed by atoms with Gasteiger partial charge >= 0.3 is 5.69 Å². The van der Waals surface area contributed by atoms with E-state index in [1.165, 1.54) is 0 Å². The molecule has 1 atom stereocenters. The van der Waals surface area contributed by atoms with Crippen LogP contribution in [0.25, 0.3) is 5.69 Å². The van der Waals surface area contributed by atoms with Crippen LogP contribution in [0.2, 0.25) is 5.02 Å². The number of aromatic hydroxyl groups is 1. The largest absolute Gasteiger partial charge is 0.493 e. The molecule has 25 heavy (non-hydrogen) atoms. The maximum atomic E-state index is 14.3. The predicted molar refractivity (Wildman–Crippen MR) is 88.5 cm³/mol. The minimum Gasteiger partial charge on any atom is -0.493 e. The smallest absolute Gasteiger partial charge is 0.336 e. The number of nitrogens with one attached hydrogen (secondary N) is 1. The predicted octanol–water partition coefficient (Wildman–Crippen LogP) is 1.97. The van der Waals surface area contributed by atoms with E-state index >= 15 is 0 Å². The quantitative estimate of drug-likeness (QED) is 0.749. The van der Waals surface area contributed by atoms with Crippen LogP contribution in [-0.4, -0.2) is 34.0 Å². The van der Waals surface area contributed by atoms with Gasteiger partial charge in [0.15, 0.2) is 0 Å². The van der Waals surface area contributed by atoms with Gasteiger partial charge in [-0.1, -0.05) is 11.6 Å². The van der Waals surface area contributed by atoms with Crippen molar-refractivity contribution in [1.82, 2.24) is 9.13 Å². The molecular weight excluding hydrogens is 403 g/mol. The summed E-state index contributed by atoms with van der Waals surface area (Å²) in [5.74, 6) is -1.59. The third-order valence-electron chi connectivity index (χ3n) is 3.70. The van der Waals surface area contributed by atoms with Crippen LogP contribution in [0.4, 0.5) is 14.5 Å². The van der Waals surface area contributed by atoms with Crippen molar-refractivity contribution >= 4 is 38.9 Å². The molecule has 0 radical (unpaired) electrons. The number of anilines is 1. The first-order valence-electron chi connectivity index (χ1n) is 6.88. The zero-order valence-electron chi connectivity index (χ0n) is 12.3. The van der Waals surface area contributed by atoms with Crippen molar-refractivity contribution < 1.29 is 22.3 Å². The fourth-order valence-corrected chi connectivity index (χ4v) is 3.61. The van der Waals surface area contributed by atoms with Gasteiger partial charge < -0.3 is 5.11 Å². The van der Waals surface area contributed by atoms with Gasteiger partial charge in [-0.2, -0.15) is 0 Å². The van der Waals surface area contributed by atoms with E-state index in [1.54, 1.807) is 0 Å². The third kappa shape index (κ3) is 3.09. The summed E-state index contributed by atoms with van der Waals surface area (Å²) in [4.78, 5) is 12.4. The molecule has 0 fully saturated rings. The Hall–Kier alpha value is -1.78. The number of hydrogen-bond donors (Lipinski definition) is 2. The molecule has 0 bridgehead atoms. The molecular formula is C13H11Cl2F2N3O4S. The Kier molecular flexibility index (Phi) is 4.46. The van der Waals surface area contributed by atoms with E-state index in [-0.39, 0.29) is 29.4 Å². The van der Waals surface area contributed by atoms with Crippen LogP contribution in [0.5, 0.6) is 5.88 Å². The van der Waals surface area contributed by atoms with Crippen LogP contribution >= 0.6 is 23.2 Å². The van der Waals surface area contributed by atoms with Crippen LogP contribution in [0.15, 0.2) is 16.9 Å². The first-order chi connectivity index (χ1) is 11.6. The lowest BCUT2D eigenvalue weighted by molar-refractivity contribution is 0.323. The van der Waals surface area contributed by atoms with Gasteiger partial charge in [-0.25, -0.2) is 26.6 Å². The Morgan fingerprint density at radius 2 is 2.08 bits per heavy atom. The number of nitrogens with zero attached hydrogens (tertiary/aromatic N) is 2. The fraction of sp³-hybridized carbons (Fsp3) is 0.308. The van der Waals surface area contributed by atoms with Crippen molar-refractivity contribution in [3.8, 4) is 11.6 Å². The average Bonchev–Trinajstić information content (AvgIpc) is 3.01. The number of hydrogen-bond acceptors (Lipinski definition) is 4. The second kappa shape index (κ2) is 6.19. The van der Waals surface area contributed by atoms with Crippen LogP contribution in [0, 0.1) is 5.82 Å². The molecule has 2 N–H and O–H groups in total. The van der Waals surface area contributed by atoms with Gasteiger partial charge in [0.2, 0.25) is 15.9 Å². The maximum absolute atomic E-state index is 14.3. The summed E-state index contributed by atoms with van der Waals surface area (Å²) in [5, 5.41) is 9.15. The molecule has 2 aromatic rings. The lowest BCUT2D eigenvalue weighted by Gasteiger charge is -2.12. The molecule has 7 nitrogen and oxygen atoms in total. The molecule has 3 rings (SSSR count). The van der Waals surface area contributed by atoms with E-state index in [0.29, 0.717) is 4.57 Å². The monoisotopic (exact) mass is 413 g/mol. The number of alkyl halides is 2.